The Bertz CT molecular complexity index is 445. The van der Waals surface area contributed by atoms with Crippen LogP contribution in [0.5, 0.6) is 11.5 Å². The molecule has 2 rings (SSSR count). The van der Waals surface area contributed by atoms with E-state index in [0.29, 0.717) is 12.1 Å². The summed E-state index contributed by atoms with van der Waals surface area (Å²) in [6.45, 7) is 0.387. The van der Waals surface area contributed by atoms with Gasteiger partial charge >= 0.3 is 0 Å². The number of halogens is 2. The lowest BCUT2D eigenvalue weighted by molar-refractivity contribution is 0.354. The Hall–Kier alpha value is -0.810. The third-order valence-corrected chi connectivity index (χ3v) is 4.27. The lowest BCUT2D eigenvalue weighted by atomic mass is 9.78. The van der Waals surface area contributed by atoms with Crippen LogP contribution in [-0.4, -0.2) is 16.8 Å². The highest BCUT2D eigenvalue weighted by Crippen LogP contribution is 2.48. The maximum atomic E-state index is 13.4. The molecule has 1 aliphatic carbocycles. The summed E-state index contributed by atoms with van der Waals surface area (Å²) in [5.41, 5.74) is 6.02. The van der Waals surface area contributed by atoms with Crippen LogP contribution in [0, 0.1) is 5.82 Å². The Labute approximate surface area is 108 Å². The highest BCUT2D eigenvalue weighted by atomic mass is 79.9. The average Bonchev–Trinajstić information content (AvgIpc) is 2.81. The molecule has 1 aromatic rings. The molecule has 0 saturated heterocycles. The number of benzene rings is 1. The molecule has 0 atom stereocenters. The molecular weight excluding hydrogens is 289 g/mol. The maximum Gasteiger partial charge on any atom is 0.195 e. The van der Waals surface area contributed by atoms with Gasteiger partial charge in [-0.1, -0.05) is 12.8 Å². The molecule has 4 N–H and O–H groups in total. The van der Waals surface area contributed by atoms with Gasteiger partial charge in [0.15, 0.2) is 17.3 Å². The lowest BCUT2D eigenvalue weighted by Gasteiger charge is -2.29. The molecule has 0 amide bonds. The zero-order valence-corrected chi connectivity index (χ0v) is 10.9. The SMILES string of the molecule is NCC1(c2cc(Br)c(F)c(O)c2O)CCCC1. The van der Waals surface area contributed by atoms with Crippen molar-refractivity contribution in [1.82, 2.24) is 0 Å². The van der Waals surface area contributed by atoms with Crippen molar-refractivity contribution in [3.63, 3.8) is 0 Å². The zero-order valence-electron chi connectivity index (χ0n) is 9.34. The van der Waals surface area contributed by atoms with Gasteiger partial charge in [0.2, 0.25) is 0 Å². The molecule has 0 bridgehead atoms. The third kappa shape index (κ3) is 1.91. The molecule has 0 radical (unpaired) electrons. The van der Waals surface area contributed by atoms with Crippen LogP contribution in [-0.2, 0) is 5.41 Å². The second-order valence-corrected chi connectivity index (χ2v) is 5.46. The summed E-state index contributed by atoms with van der Waals surface area (Å²) in [4.78, 5) is 0. The Balaban J connectivity index is 2.59. The molecule has 1 aromatic carbocycles. The highest BCUT2D eigenvalue weighted by Gasteiger charge is 2.38. The maximum absolute atomic E-state index is 13.4. The van der Waals surface area contributed by atoms with Gasteiger partial charge in [0.25, 0.3) is 0 Å². The Morgan fingerprint density at radius 1 is 1.29 bits per heavy atom. The van der Waals surface area contributed by atoms with Gasteiger partial charge in [-0.05, 0) is 34.8 Å². The van der Waals surface area contributed by atoms with E-state index < -0.39 is 11.6 Å². The number of nitrogens with two attached hydrogens (primary N) is 1. The van der Waals surface area contributed by atoms with Crippen molar-refractivity contribution in [3.05, 3.63) is 21.9 Å². The van der Waals surface area contributed by atoms with Gasteiger partial charge in [-0.2, -0.15) is 0 Å². The molecule has 1 saturated carbocycles. The van der Waals surface area contributed by atoms with E-state index in [9.17, 15) is 14.6 Å². The number of phenols is 2. The fraction of sp³-hybridized carbons (Fsp3) is 0.500. The van der Waals surface area contributed by atoms with Crippen LogP contribution < -0.4 is 5.73 Å². The minimum absolute atomic E-state index is 0.155. The van der Waals surface area contributed by atoms with Crippen molar-refractivity contribution < 1.29 is 14.6 Å². The van der Waals surface area contributed by atoms with E-state index in [1.165, 1.54) is 6.07 Å². The largest absolute Gasteiger partial charge is 0.504 e. The molecule has 5 heteroatoms. The van der Waals surface area contributed by atoms with Gasteiger partial charge in [-0.15, -0.1) is 0 Å². The first kappa shape index (κ1) is 12.6. The molecule has 0 aromatic heterocycles. The summed E-state index contributed by atoms with van der Waals surface area (Å²) in [6.07, 6.45) is 3.78. The van der Waals surface area contributed by atoms with E-state index in [-0.39, 0.29) is 15.6 Å². The van der Waals surface area contributed by atoms with Crippen LogP contribution in [0.4, 0.5) is 4.39 Å². The van der Waals surface area contributed by atoms with Crippen LogP contribution in [0.25, 0.3) is 0 Å². The first-order chi connectivity index (χ1) is 8.02. The second-order valence-electron chi connectivity index (χ2n) is 4.61. The van der Waals surface area contributed by atoms with E-state index in [2.05, 4.69) is 15.9 Å². The summed E-state index contributed by atoms with van der Waals surface area (Å²) in [5.74, 6) is -1.91. The fourth-order valence-corrected chi connectivity index (χ4v) is 3.06. The van der Waals surface area contributed by atoms with E-state index in [1.807, 2.05) is 0 Å². The minimum Gasteiger partial charge on any atom is -0.504 e. The molecule has 0 aliphatic heterocycles. The van der Waals surface area contributed by atoms with Crippen molar-refractivity contribution in [2.24, 2.45) is 5.73 Å². The number of hydrogen-bond donors (Lipinski definition) is 3. The van der Waals surface area contributed by atoms with Gasteiger partial charge in [0, 0.05) is 17.5 Å². The molecule has 1 fully saturated rings. The van der Waals surface area contributed by atoms with E-state index >= 15 is 0 Å². The highest BCUT2D eigenvalue weighted by molar-refractivity contribution is 9.10. The standard InChI is InChI=1S/C12H15BrFNO2/c13-8-5-7(10(16)11(17)9(8)14)12(6-15)3-1-2-4-12/h5,16-17H,1-4,6,15H2. The Kier molecular flexibility index (Phi) is 3.32. The lowest BCUT2D eigenvalue weighted by Crippen LogP contribution is -2.32. The van der Waals surface area contributed by atoms with E-state index in [4.69, 9.17) is 5.73 Å². The topological polar surface area (TPSA) is 66.5 Å². The second kappa shape index (κ2) is 4.46. The van der Waals surface area contributed by atoms with Crippen LogP contribution in [0.15, 0.2) is 10.5 Å². The normalized spacial score (nSPS) is 18.5. The molecule has 1 aliphatic rings. The molecule has 0 unspecified atom stereocenters. The number of aromatic hydroxyl groups is 2. The monoisotopic (exact) mass is 303 g/mol. The Morgan fingerprint density at radius 3 is 2.41 bits per heavy atom. The van der Waals surface area contributed by atoms with Crippen molar-refractivity contribution in [2.75, 3.05) is 6.54 Å². The van der Waals surface area contributed by atoms with Gasteiger partial charge in [0.05, 0.1) is 4.47 Å². The quantitative estimate of drug-likeness (QED) is 0.736. The van der Waals surface area contributed by atoms with Gasteiger partial charge < -0.3 is 15.9 Å². The van der Waals surface area contributed by atoms with Crippen molar-refractivity contribution in [1.29, 1.82) is 0 Å². The summed E-state index contributed by atoms with van der Waals surface area (Å²) in [5, 5.41) is 19.4. The number of phenolic OH excluding ortho intramolecular Hbond substituents is 2. The molecule has 17 heavy (non-hydrogen) atoms. The van der Waals surface area contributed by atoms with Crippen LogP contribution in [0.1, 0.15) is 31.2 Å². The van der Waals surface area contributed by atoms with Crippen LogP contribution in [0.2, 0.25) is 0 Å². The fourth-order valence-electron chi connectivity index (χ4n) is 2.64. The molecule has 0 heterocycles. The molecule has 3 nitrogen and oxygen atoms in total. The van der Waals surface area contributed by atoms with Crippen molar-refractivity contribution in [2.45, 2.75) is 31.1 Å². The Morgan fingerprint density at radius 2 is 1.88 bits per heavy atom. The predicted octanol–water partition coefficient (Wildman–Crippen LogP) is 2.77. The molecular formula is C12H15BrFNO2. The summed E-state index contributed by atoms with van der Waals surface area (Å²) >= 11 is 3.04. The molecule has 94 valence electrons. The van der Waals surface area contributed by atoms with Gasteiger partial charge in [-0.3, -0.25) is 0 Å². The summed E-state index contributed by atoms with van der Waals surface area (Å²) in [6, 6.07) is 1.53. The van der Waals surface area contributed by atoms with E-state index in [1.54, 1.807) is 0 Å². The van der Waals surface area contributed by atoms with Crippen LogP contribution in [0.3, 0.4) is 0 Å². The first-order valence-corrected chi connectivity index (χ1v) is 6.41. The number of hydrogen-bond acceptors (Lipinski definition) is 3. The first-order valence-electron chi connectivity index (χ1n) is 5.62. The average molecular weight is 304 g/mol. The summed E-state index contributed by atoms with van der Waals surface area (Å²) < 4.78 is 13.6. The number of rotatable bonds is 2. The van der Waals surface area contributed by atoms with E-state index in [0.717, 1.165) is 25.7 Å². The summed E-state index contributed by atoms with van der Waals surface area (Å²) in [7, 11) is 0. The predicted molar refractivity (Wildman–Crippen MR) is 66.6 cm³/mol. The van der Waals surface area contributed by atoms with Crippen LogP contribution >= 0.6 is 15.9 Å². The molecule has 0 spiro atoms. The van der Waals surface area contributed by atoms with Crippen molar-refractivity contribution in [3.8, 4) is 11.5 Å². The van der Waals surface area contributed by atoms with Gasteiger partial charge in [-0.25, -0.2) is 4.39 Å². The third-order valence-electron chi connectivity index (χ3n) is 3.69. The van der Waals surface area contributed by atoms with Crippen molar-refractivity contribution >= 4 is 15.9 Å². The van der Waals surface area contributed by atoms with Gasteiger partial charge in [0.1, 0.15) is 0 Å². The minimum atomic E-state index is -0.837. The smallest absolute Gasteiger partial charge is 0.195 e. The zero-order chi connectivity index (χ0) is 12.6.